The molecular weight excluding hydrogens is 310 g/mol. The van der Waals surface area contributed by atoms with Crippen LogP contribution in [0.25, 0.3) is 10.8 Å². The second kappa shape index (κ2) is 5.42. The molecule has 0 atom stereocenters. The lowest BCUT2D eigenvalue weighted by Crippen LogP contribution is -2.06. The highest BCUT2D eigenvalue weighted by atomic mass is 19.4. The maximum absolute atomic E-state index is 13.9. The molecule has 0 aliphatic carbocycles. The van der Waals surface area contributed by atoms with E-state index in [9.17, 15) is 17.6 Å². The van der Waals surface area contributed by atoms with Crippen molar-refractivity contribution < 1.29 is 17.6 Å². The van der Waals surface area contributed by atoms with Crippen LogP contribution in [0.3, 0.4) is 0 Å². The van der Waals surface area contributed by atoms with Gasteiger partial charge in [0.1, 0.15) is 11.6 Å². The van der Waals surface area contributed by atoms with Crippen LogP contribution in [0.4, 0.5) is 34.8 Å². The molecule has 3 aromatic rings. The van der Waals surface area contributed by atoms with Gasteiger partial charge in [-0.2, -0.15) is 13.2 Å². The Balaban J connectivity index is 2.02. The molecule has 1 heterocycles. The standard InChI is InChI=1S/C16H11F4N3/c17-12-8-9(16(18,19)20)4-5-14(12)23-13-3-1-2-11-10(13)6-7-22-15(11)21/h1-8,23H,(H2,21,22). The Hall–Kier alpha value is -2.83. The minimum Gasteiger partial charge on any atom is -0.383 e. The molecule has 0 aliphatic heterocycles. The van der Waals surface area contributed by atoms with Crippen LogP contribution < -0.4 is 11.1 Å². The van der Waals surface area contributed by atoms with E-state index in [1.807, 2.05) is 0 Å². The molecule has 0 amide bonds. The van der Waals surface area contributed by atoms with E-state index in [1.54, 1.807) is 24.3 Å². The molecule has 1 aromatic heterocycles. The zero-order valence-corrected chi connectivity index (χ0v) is 11.7. The Kier molecular flexibility index (Phi) is 3.55. The number of nitrogen functional groups attached to an aromatic ring is 1. The van der Waals surface area contributed by atoms with Crippen molar-refractivity contribution in [3.05, 3.63) is 60.0 Å². The van der Waals surface area contributed by atoms with Crippen LogP contribution in [-0.2, 0) is 6.18 Å². The molecule has 0 saturated heterocycles. The van der Waals surface area contributed by atoms with E-state index in [2.05, 4.69) is 10.3 Å². The quantitative estimate of drug-likeness (QED) is 0.672. The van der Waals surface area contributed by atoms with Gasteiger partial charge in [-0.3, -0.25) is 0 Å². The molecule has 0 aliphatic rings. The van der Waals surface area contributed by atoms with Gasteiger partial charge in [0.15, 0.2) is 0 Å². The van der Waals surface area contributed by atoms with Crippen molar-refractivity contribution in [1.29, 1.82) is 0 Å². The number of nitrogens with two attached hydrogens (primary N) is 1. The van der Waals surface area contributed by atoms with E-state index < -0.39 is 17.6 Å². The highest BCUT2D eigenvalue weighted by Gasteiger charge is 2.31. The Morgan fingerprint density at radius 1 is 0.957 bits per heavy atom. The summed E-state index contributed by atoms with van der Waals surface area (Å²) >= 11 is 0. The van der Waals surface area contributed by atoms with Crippen LogP contribution in [0.2, 0.25) is 0 Å². The van der Waals surface area contributed by atoms with Crippen LogP contribution in [0.15, 0.2) is 48.7 Å². The van der Waals surface area contributed by atoms with E-state index in [4.69, 9.17) is 5.73 Å². The third kappa shape index (κ3) is 2.90. The summed E-state index contributed by atoms with van der Waals surface area (Å²) in [5.41, 5.74) is 5.21. The summed E-state index contributed by atoms with van der Waals surface area (Å²) in [6.07, 6.45) is -3.08. The van der Waals surface area contributed by atoms with E-state index >= 15 is 0 Å². The number of nitrogens with zero attached hydrogens (tertiary/aromatic N) is 1. The van der Waals surface area contributed by atoms with Gasteiger partial charge in [0.2, 0.25) is 0 Å². The number of pyridine rings is 1. The monoisotopic (exact) mass is 321 g/mol. The van der Waals surface area contributed by atoms with Crippen molar-refractivity contribution in [3.63, 3.8) is 0 Å². The van der Waals surface area contributed by atoms with Crippen LogP contribution in [0.1, 0.15) is 5.56 Å². The average Bonchev–Trinajstić information content (AvgIpc) is 2.49. The summed E-state index contributed by atoms with van der Waals surface area (Å²) in [6.45, 7) is 0. The maximum Gasteiger partial charge on any atom is 0.416 e. The van der Waals surface area contributed by atoms with Crippen molar-refractivity contribution >= 4 is 28.0 Å². The first kappa shape index (κ1) is 15.1. The molecule has 0 unspecified atom stereocenters. The van der Waals surface area contributed by atoms with E-state index in [1.165, 1.54) is 6.20 Å². The van der Waals surface area contributed by atoms with Crippen molar-refractivity contribution in [1.82, 2.24) is 4.98 Å². The van der Waals surface area contributed by atoms with Gasteiger partial charge in [-0.05, 0) is 30.3 Å². The van der Waals surface area contributed by atoms with Crippen LogP contribution in [0.5, 0.6) is 0 Å². The van der Waals surface area contributed by atoms with Crippen molar-refractivity contribution in [2.75, 3.05) is 11.1 Å². The number of hydrogen-bond donors (Lipinski definition) is 2. The lowest BCUT2D eigenvalue weighted by atomic mass is 10.1. The zero-order chi connectivity index (χ0) is 16.6. The van der Waals surface area contributed by atoms with Crippen LogP contribution >= 0.6 is 0 Å². The molecule has 0 bridgehead atoms. The van der Waals surface area contributed by atoms with Gasteiger partial charge in [0, 0.05) is 22.7 Å². The molecule has 3 N–H and O–H groups in total. The SMILES string of the molecule is Nc1nccc2c(Nc3ccc(C(F)(F)F)cc3F)cccc12. The molecule has 0 fully saturated rings. The fraction of sp³-hybridized carbons (Fsp3) is 0.0625. The minimum atomic E-state index is -4.58. The van der Waals surface area contributed by atoms with E-state index in [-0.39, 0.29) is 5.69 Å². The second-order valence-electron chi connectivity index (χ2n) is 4.91. The minimum absolute atomic E-state index is 0.0547. The van der Waals surface area contributed by atoms with Gasteiger partial charge in [-0.25, -0.2) is 9.37 Å². The normalized spacial score (nSPS) is 11.7. The van der Waals surface area contributed by atoms with E-state index in [0.29, 0.717) is 28.3 Å². The molecule has 2 aromatic carbocycles. The zero-order valence-electron chi connectivity index (χ0n) is 11.7. The number of hydrogen-bond acceptors (Lipinski definition) is 3. The molecule has 0 spiro atoms. The van der Waals surface area contributed by atoms with Crippen LogP contribution in [0, 0.1) is 5.82 Å². The van der Waals surface area contributed by atoms with Crippen molar-refractivity contribution in [3.8, 4) is 0 Å². The Labute approximate surface area is 128 Å². The Morgan fingerprint density at radius 3 is 2.43 bits per heavy atom. The summed E-state index contributed by atoms with van der Waals surface area (Å²) in [6, 6.07) is 9.17. The first-order chi connectivity index (χ1) is 10.9. The molecule has 7 heteroatoms. The summed E-state index contributed by atoms with van der Waals surface area (Å²) < 4.78 is 51.7. The molecule has 118 valence electrons. The number of rotatable bonds is 2. The summed E-state index contributed by atoms with van der Waals surface area (Å²) in [4.78, 5) is 3.96. The van der Waals surface area contributed by atoms with E-state index in [0.717, 1.165) is 12.1 Å². The first-order valence-corrected chi connectivity index (χ1v) is 6.63. The number of halogens is 4. The fourth-order valence-electron chi connectivity index (χ4n) is 2.28. The number of aromatic nitrogens is 1. The molecule has 0 saturated carbocycles. The number of alkyl halides is 3. The predicted octanol–water partition coefficient (Wildman–Crippen LogP) is 4.72. The largest absolute Gasteiger partial charge is 0.416 e. The van der Waals surface area contributed by atoms with Gasteiger partial charge in [-0.1, -0.05) is 12.1 Å². The summed E-state index contributed by atoms with van der Waals surface area (Å²) in [5, 5.41) is 4.16. The van der Waals surface area contributed by atoms with Crippen molar-refractivity contribution in [2.24, 2.45) is 0 Å². The maximum atomic E-state index is 13.9. The Morgan fingerprint density at radius 2 is 1.74 bits per heavy atom. The predicted molar refractivity (Wildman–Crippen MR) is 80.8 cm³/mol. The topological polar surface area (TPSA) is 50.9 Å². The number of benzene rings is 2. The smallest absolute Gasteiger partial charge is 0.383 e. The third-order valence-electron chi connectivity index (χ3n) is 3.40. The van der Waals surface area contributed by atoms with Gasteiger partial charge < -0.3 is 11.1 Å². The summed E-state index contributed by atoms with van der Waals surface area (Å²) in [7, 11) is 0. The van der Waals surface area contributed by atoms with Gasteiger partial charge in [0.05, 0.1) is 11.3 Å². The van der Waals surface area contributed by atoms with Crippen molar-refractivity contribution in [2.45, 2.75) is 6.18 Å². The number of fused-ring (bicyclic) bond motifs is 1. The number of nitrogens with one attached hydrogen (secondary N) is 1. The molecular formula is C16H11F4N3. The lowest BCUT2D eigenvalue weighted by molar-refractivity contribution is -0.137. The molecule has 3 rings (SSSR count). The Bertz CT molecular complexity index is 875. The first-order valence-electron chi connectivity index (χ1n) is 6.63. The number of anilines is 3. The average molecular weight is 321 g/mol. The van der Waals surface area contributed by atoms with Gasteiger partial charge >= 0.3 is 6.18 Å². The van der Waals surface area contributed by atoms with Gasteiger partial charge in [0.25, 0.3) is 0 Å². The fourth-order valence-corrected chi connectivity index (χ4v) is 2.28. The highest BCUT2D eigenvalue weighted by Crippen LogP contribution is 2.33. The van der Waals surface area contributed by atoms with Crippen LogP contribution in [-0.4, -0.2) is 4.98 Å². The van der Waals surface area contributed by atoms with Gasteiger partial charge in [-0.15, -0.1) is 0 Å². The summed E-state index contributed by atoms with van der Waals surface area (Å²) in [5.74, 6) is -0.669. The molecule has 3 nitrogen and oxygen atoms in total. The lowest BCUT2D eigenvalue weighted by Gasteiger charge is -2.13. The molecule has 23 heavy (non-hydrogen) atoms. The molecule has 0 radical (unpaired) electrons. The second-order valence-corrected chi connectivity index (χ2v) is 4.91. The third-order valence-corrected chi connectivity index (χ3v) is 3.40. The highest BCUT2D eigenvalue weighted by molar-refractivity contribution is 6.00.